The number of carbonyl (C=O) groups excluding carboxylic acids is 1. The number of guanidine groups is 1. The van der Waals surface area contributed by atoms with Crippen LogP contribution in [-0.4, -0.2) is 44.7 Å². The molecule has 2 unspecified atom stereocenters. The van der Waals surface area contributed by atoms with Crippen molar-refractivity contribution in [2.75, 3.05) is 26.7 Å². The molecule has 0 aromatic heterocycles. The number of aliphatic imine (C=N–C) groups is 1. The van der Waals surface area contributed by atoms with Crippen molar-refractivity contribution in [3.05, 3.63) is 35.6 Å². The SMILES string of the molecule is CN=C(NCC1CCCO1)NCC(Cc1ccc(F)cc1)C(N)=O.I. The second-order valence-electron chi connectivity index (χ2n) is 5.90. The molecular formula is C17H26FIN4O2. The predicted molar refractivity (Wildman–Crippen MR) is 107 cm³/mol. The summed E-state index contributed by atoms with van der Waals surface area (Å²) < 4.78 is 18.5. The summed E-state index contributed by atoms with van der Waals surface area (Å²) in [5, 5.41) is 6.30. The summed E-state index contributed by atoms with van der Waals surface area (Å²) in [6.45, 7) is 1.84. The van der Waals surface area contributed by atoms with Crippen LogP contribution in [0.1, 0.15) is 18.4 Å². The molecule has 0 saturated carbocycles. The Morgan fingerprint density at radius 1 is 1.40 bits per heavy atom. The van der Waals surface area contributed by atoms with Gasteiger partial charge in [-0.2, -0.15) is 0 Å². The van der Waals surface area contributed by atoms with E-state index in [9.17, 15) is 9.18 Å². The van der Waals surface area contributed by atoms with Crippen molar-refractivity contribution >= 4 is 35.8 Å². The van der Waals surface area contributed by atoms with Gasteiger partial charge < -0.3 is 21.1 Å². The first kappa shape index (κ1) is 21.6. The van der Waals surface area contributed by atoms with Gasteiger partial charge in [-0.3, -0.25) is 9.79 Å². The molecule has 0 bridgehead atoms. The third-order valence-electron chi connectivity index (χ3n) is 4.06. The van der Waals surface area contributed by atoms with E-state index < -0.39 is 11.8 Å². The third kappa shape index (κ3) is 7.55. The molecule has 1 aliphatic heterocycles. The van der Waals surface area contributed by atoms with E-state index in [0.29, 0.717) is 25.5 Å². The van der Waals surface area contributed by atoms with E-state index >= 15 is 0 Å². The lowest BCUT2D eigenvalue weighted by Crippen LogP contribution is -2.45. The van der Waals surface area contributed by atoms with Gasteiger partial charge in [0.1, 0.15) is 5.82 Å². The molecule has 1 amide bonds. The molecule has 2 atom stereocenters. The number of ether oxygens (including phenoxy) is 1. The standard InChI is InChI=1S/C17H25FN4O2.HI/c1-20-17(22-11-15-3-2-8-24-15)21-10-13(16(19)23)9-12-4-6-14(18)7-5-12;/h4-7,13,15H,2-3,8-11H2,1H3,(H2,19,23)(H2,20,21,22);1H. The van der Waals surface area contributed by atoms with Crippen LogP contribution >= 0.6 is 24.0 Å². The number of amides is 1. The summed E-state index contributed by atoms with van der Waals surface area (Å²) in [7, 11) is 1.67. The van der Waals surface area contributed by atoms with Crippen LogP contribution in [0.15, 0.2) is 29.3 Å². The molecule has 1 heterocycles. The molecule has 1 aliphatic rings. The Hall–Kier alpha value is -1.42. The van der Waals surface area contributed by atoms with Gasteiger partial charge in [-0.15, -0.1) is 24.0 Å². The Bertz CT molecular complexity index is 562. The van der Waals surface area contributed by atoms with Crippen LogP contribution in [0.25, 0.3) is 0 Å². The number of carbonyl (C=O) groups is 1. The number of nitrogens with one attached hydrogen (secondary N) is 2. The van der Waals surface area contributed by atoms with Crippen molar-refractivity contribution in [3.8, 4) is 0 Å². The Balaban J connectivity index is 0.00000312. The van der Waals surface area contributed by atoms with E-state index in [2.05, 4.69) is 15.6 Å². The quantitative estimate of drug-likeness (QED) is 0.324. The topological polar surface area (TPSA) is 88.7 Å². The van der Waals surface area contributed by atoms with E-state index in [1.165, 1.54) is 12.1 Å². The maximum absolute atomic E-state index is 13.0. The zero-order chi connectivity index (χ0) is 17.4. The molecule has 0 radical (unpaired) electrons. The maximum atomic E-state index is 13.0. The van der Waals surface area contributed by atoms with Gasteiger partial charge in [-0.05, 0) is 37.0 Å². The smallest absolute Gasteiger partial charge is 0.222 e. The highest BCUT2D eigenvalue weighted by atomic mass is 127. The number of nitrogens with zero attached hydrogens (tertiary/aromatic N) is 1. The maximum Gasteiger partial charge on any atom is 0.222 e. The summed E-state index contributed by atoms with van der Waals surface area (Å²) in [5.41, 5.74) is 6.35. The predicted octanol–water partition coefficient (Wildman–Crippen LogP) is 1.43. The van der Waals surface area contributed by atoms with Gasteiger partial charge in [0.05, 0.1) is 12.0 Å². The average Bonchev–Trinajstić information content (AvgIpc) is 3.09. The largest absolute Gasteiger partial charge is 0.376 e. The number of rotatable bonds is 7. The lowest BCUT2D eigenvalue weighted by atomic mass is 9.98. The molecule has 6 nitrogen and oxygen atoms in total. The zero-order valence-electron chi connectivity index (χ0n) is 14.3. The van der Waals surface area contributed by atoms with Crippen molar-refractivity contribution in [2.24, 2.45) is 16.6 Å². The molecule has 0 aliphatic carbocycles. The van der Waals surface area contributed by atoms with Crippen LogP contribution in [0, 0.1) is 11.7 Å². The van der Waals surface area contributed by atoms with Crippen LogP contribution in [0.5, 0.6) is 0 Å². The van der Waals surface area contributed by atoms with Gasteiger partial charge in [-0.25, -0.2) is 4.39 Å². The number of nitrogens with two attached hydrogens (primary N) is 1. The first-order chi connectivity index (χ1) is 11.6. The number of benzene rings is 1. The molecule has 4 N–H and O–H groups in total. The number of halogens is 2. The number of hydrogen-bond donors (Lipinski definition) is 3. The molecule has 1 aromatic rings. The van der Waals surface area contributed by atoms with E-state index in [0.717, 1.165) is 25.0 Å². The highest BCUT2D eigenvalue weighted by molar-refractivity contribution is 14.0. The highest BCUT2D eigenvalue weighted by Crippen LogP contribution is 2.11. The minimum absolute atomic E-state index is 0. The van der Waals surface area contributed by atoms with Gasteiger partial charge in [0.15, 0.2) is 5.96 Å². The van der Waals surface area contributed by atoms with Crippen molar-refractivity contribution in [3.63, 3.8) is 0 Å². The zero-order valence-corrected chi connectivity index (χ0v) is 16.7. The van der Waals surface area contributed by atoms with Gasteiger partial charge in [-0.1, -0.05) is 12.1 Å². The van der Waals surface area contributed by atoms with Crippen LogP contribution in [0.3, 0.4) is 0 Å². The second-order valence-corrected chi connectivity index (χ2v) is 5.90. The van der Waals surface area contributed by atoms with Crippen LogP contribution in [0.2, 0.25) is 0 Å². The fourth-order valence-corrected chi connectivity index (χ4v) is 2.63. The summed E-state index contributed by atoms with van der Waals surface area (Å²) in [6.07, 6.45) is 2.78. The second kappa shape index (κ2) is 11.2. The number of hydrogen-bond acceptors (Lipinski definition) is 3. The van der Waals surface area contributed by atoms with Crippen LogP contribution in [-0.2, 0) is 16.0 Å². The summed E-state index contributed by atoms with van der Waals surface area (Å²) >= 11 is 0. The Labute approximate surface area is 164 Å². The molecule has 2 rings (SSSR count). The average molecular weight is 464 g/mol. The Morgan fingerprint density at radius 3 is 2.68 bits per heavy atom. The highest BCUT2D eigenvalue weighted by Gasteiger charge is 2.18. The molecule has 1 fully saturated rings. The fourth-order valence-electron chi connectivity index (χ4n) is 2.63. The third-order valence-corrected chi connectivity index (χ3v) is 4.06. The summed E-state index contributed by atoms with van der Waals surface area (Å²) in [4.78, 5) is 15.8. The van der Waals surface area contributed by atoms with Gasteiger partial charge in [0.25, 0.3) is 0 Å². The lowest BCUT2D eigenvalue weighted by molar-refractivity contribution is -0.121. The van der Waals surface area contributed by atoms with E-state index in [1.54, 1.807) is 19.2 Å². The molecule has 140 valence electrons. The van der Waals surface area contributed by atoms with Gasteiger partial charge >= 0.3 is 0 Å². The van der Waals surface area contributed by atoms with Crippen molar-refractivity contribution in [1.29, 1.82) is 0 Å². The summed E-state index contributed by atoms with van der Waals surface area (Å²) in [5.74, 6) is -0.500. The fraction of sp³-hybridized carbons (Fsp3) is 0.529. The first-order valence-electron chi connectivity index (χ1n) is 8.18. The molecule has 0 spiro atoms. The van der Waals surface area contributed by atoms with Crippen LogP contribution < -0.4 is 16.4 Å². The van der Waals surface area contributed by atoms with Gasteiger partial charge in [0, 0.05) is 26.7 Å². The van der Waals surface area contributed by atoms with Crippen molar-refractivity contribution in [1.82, 2.24) is 10.6 Å². The molecular weight excluding hydrogens is 438 g/mol. The van der Waals surface area contributed by atoms with E-state index in [4.69, 9.17) is 10.5 Å². The van der Waals surface area contributed by atoms with Crippen molar-refractivity contribution in [2.45, 2.75) is 25.4 Å². The lowest BCUT2D eigenvalue weighted by Gasteiger charge is -2.18. The van der Waals surface area contributed by atoms with Crippen molar-refractivity contribution < 1.29 is 13.9 Å². The number of primary amides is 1. The molecule has 1 saturated heterocycles. The Kier molecular flexibility index (Phi) is 9.73. The minimum atomic E-state index is -0.406. The molecule has 8 heteroatoms. The van der Waals surface area contributed by atoms with Crippen LogP contribution in [0.4, 0.5) is 4.39 Å². The molecule has 25 heavy (non-hydrogen) atoms. The first-order valence-corrected chi connectivity index (χ1v) is 8.18. The van der Waals surface area contributed by atoms with E-state index in [1.807, 2.05) is 0 Å². The van der Waals surface area contributed by atoms with Gasteiger partial charge in [0.2, 0.25) is 5.91 Å². The Morgan fingerprint density at radius 2 is 2.12 bits per heavy atom. The van der Waals surface area contributed by atoms with E-state index in [-0.39, 0.29) is 35.9 Å². The molecule has 1 aromatic carbocycles. The summed E-state index contributed by atoms with van der Waals surface area (Å²) in [6, 6.07) is 6.08. The minimum Gasteiger partial charge on any atom is -0.376 e. The normalized spacial score (nSPS) is 18.3. The monoisotopic (exact) mass is 464 g/mol.